The molecule has 1 N–H and O–H groups in total. The van der Waals surface area contributed by atoms with Gasteiger partial charge in [-0.1, -0.05) is 22.0 Å². The maximum absolute atomic E-state index is 13.2. The third-order valence-corrected chi connectivity index (χ3v) is 2.09. The highest BCUT2D eigenvalue weighted by molar-refractivity contribution is 9.10. The molecule has 1 rings (SSSR count). The molecule has 1 aromatic carbocycles. The molecule has 0 saturated heterocycles. The zero-order valence-electron chi connectivity index (χ0n) is 7.64. The van der Waals surface area contributed by atoms with Gasteiger partial charge in [-0.3, -0.25) is 10.4 Å². The number of nitrogens with zero attached hydrogens (tertiary/aromatic N) is 1. The van der Waals surface area contributed by atoms with E-state index in [1.165, 1.54) is 6.07 Å². The molecule has 0 aromatic heterocycles. The molecule has 13 heavy (non-hydrogen) atoms. The first kappa shape index (κ1) is 10.6. The minimum atomic E-state index is -0.191. The van der Waals surface area contributed by atoms with Crippen molar-refractivity contribution in [3.63, 3.8) is 0 Å². The molecule has 0 bridgehead atoms. The van der Waals surface area contributed by atoms with Crippen molar-refractivity contribution < 1.29 is 4.39 Å². The van der Waals surface area contributed by atoms with Crippen molar-refractivity contribution in [1.82, 2.24) is 10.4 Å². The van der Waals surface area contributed by atoms with Crippen molar-refractivity contribution in [1.29, 1.82) is 0 Å². The van der Waals surface area contributed by atoms with Gasteiger partial charge in [-0.05, 0) is 12.1 Å². The molecule has 1 aromatic rings. The molecule has 0 aliphatic rings. The van der Waals surface area contributed by atoms with E-state index in [4.69, 9.17) is 0 Å². The third kappa shape index (κ3) is 3.42. The summed E-state index contributed by atoms with van der Waals surface area (Å²) in [4.78, 5) is 0. The average molecular weight is 247 g/mol. The fourth-order valence-corrected chi connectivity index (χ4v) is 1.24. The van der Waals surface area contributed by atoms with Gasteiger partial charge in [-0.2, -0.15) is 0 Å². The Morgan fingerprint density at radius 2 is 2.15 bits per heavy atom. The molecular formula is C9H12BrFN2. The van der Waals surface area contributed by atoms with Crippen LogP contribution in [-0.2, 0) is 6.54 Å². The highest BCUT2D eigenvalue weighted by Gasteiger charge is 2.01. The topological polar surface area (TPSA) is 15.3 Å². The van der Waals surface area contributed by atoms with Gasteiger partial charge < -0.3 is 0 Å². The maximum atomic E-state index is 13.2. The second-order valence-electron chi connectivity index (χ2n) is 2.97. The van der Waals surface area contributed by atoms with E-state index < -0.39 is 0 Å². The number of hydrazine groups is 1. The van der Waals surface area contributed by atoms with Crippen LogP contribution in [0.2, 0.25) is 0 Å². The van der Waals surface area contributed by atoms with E-state index in [1.54, 1.807) is 11.1 Å². The Labute approximate surface area is 85.8 Å². The lowest BCUT2D eigenvalue weighted by Crippen LogP contribution is -2.29. The van der Waals surface area contributed by atoms with Crippen LogP contribution in [0, 0.1) is 5.82 Å². The fraction of sp³-hybridized carbons (Fsp3) is 0.333. The number of benzene rings is 1. The standard InChI is InChI=1S/C9H12BrFN2/c1-13(2)12-6-7-3-4-8(10)5-9(7)11/h3-5,12H,6H2,1-2H3. The SMILES string of the molecule is CN(C)NCc1ccc(Br)cc1F. The van der Waals surface area contributed by atoms with Crippen molar-refractivity contribution >= 4 is 15.9 Å². The smallest absolute Gasteiger partial charge is 0.128 e. The van der Waals surface area contributed by atoms with Crippen LogP contribution in [0.25, 0.3) is 0 Å². The van der Waals surface area contributed by atoms with Crippen LogP contribution in [0.4, 0.5) is 4.39 Å². The average Bonchev–Trinajstić information content (AvgIpc) is 2.02. The molecule has 0 radical (unpaired) electrons. The zero-order chi connectivity index (χ0) is 9.84. The normalized spacial score (nSPS) is 10.8. The quantitative estimate of drug-likeness (QED) is 0.823. The molecule has 0 unspecified atom stereocenters. The highest BCUT2D eigenvalue weighted by Crippen LogP contribution is 2.14. The number of halogens is 2. The van der Waals surface area contributed by atoms with Crippen molar-refractivity contribution in [2.24, 2.45) is 0 Å². The molecular weight excluding hydrogens is 235 g/mol. The predicted octanol–water partition coefficient (Wildman–Crippen LogP) is 2.15. The van der Waals surface area contributed by atoms with E-state index in [-0.39, 0.29) is 5.82 Å². The monoisotopic (exact) mass is 246 g/mol. The predicted molar refractivity (Wildman–Crippen MR) is 54.6 cm³/mol. The Balaban J connectivity index is 2.67. The van der Waals surface area contributed by atoms with Gasteiger partial charge in [0.2, 0.25) is 0 Å². The number of hydrogen-bond donors (Lipinski definition) is 1. The molecule has 0 saturated carbocycles. The molecule has 0 atom stereocenters. The van der Waals surface area contributed by atoms with E-state index in [9.17, 15) is 4.39 Å². The zero-order valence-corrected chi connectivity index (χ0v) is 9.23. The first-order valence-electron chi connectivity index (χ1n) is 3.94. The first-order valence-corrected chi connectivity index (χ1v) is 4.73. The van der Waals surface area contributed by atoms with Crippen LogP contribution in [-0.4, -0.2) is 19.1 Å². The Hall–Kier alpha value is -0.450. The lowest BCUT2D eigenvalue weighted by molar-refractivity contribution is 0.283. The largest absolute Gasteiger partial charge is 0.251 e. The van der Waals surface area contributed by atoms with Crippen molar-refractivity contribution in [2.75, 3.05) is 14.1 Å². The summed E-state index contributed by atoms with van der Waals surface area (Å²) in [5.74, 6) is -0.191. The molecule has 0 heterocycles. The van der Waals surface area contributed by atoms with Crippen molar-refractivity contribution in [3.05, 3.63) is 34.1 Å². The van der Waals surface area contributed by atoms with Gasteiger partial charge in [0.15, 0.2) is 0 Å². The van der Waals surface area contributed by atoms with Crippen LogP contribution in [0.5, 0.6) is 0 Å². The van der Waals surface area contributed by atoms with Gasteiger partial charge in [0.1, 0.15) is 5.82 Å². The highest BCUT2D eigenvalue weighted by atomic mass is 79.9. The molecule has 2 nitrogen and oxygen atoms in total. The van der Waals surface area contributed by atoms with Gasteiger partial charge >= 0.3 is 0 Å². The van der Waals surface area contributed by atoms with Crippen LogP contribution >= 0.6 is 15.9 Å². The number of hydrogen-bond acceptors (Lipinski definition) is 2. The van der Waals surface area contributed by atoms with Crippen molar-refractivity contribution in [2.45, 2.75) is 6.54 Å². The van der Waals surface area contributed by atoms with E-state index >= 15 is 0 Å². The number of rotatable bonds is 3. The minimum absolute atomic E-state index is 0.191. The summed E-state index contributed by atoms with van der Waals surface area (Å²) < 4.78 is 14.0. The van der Waals surface area contributed by atoms with Gasteiger partial charge in [0.25, 0.3) is 0 Å². The molecule has 0 spiro atoms. The molecule has 0 amide bonds. The Bertz CT molecular complexity index is 289. The van der Waals surface area contributed by atoms with E-state index in [0.717, 1.165) is 4.47 Å². The summed E-state index contributed by atoms with van der Waals surface area (Å²) in [6, 6.07) is 5.05. The summed E-state index contributed by atoms with van der Waals surface area (Å²) in [7, 11) is 3.74. The summed E-state index contributed by atoms with van der Waals surface area (Å²) >= 11 is 3.21. The third-order valence-electron chi connectivity index (χ3n) is 1.60. The van der Waals surface area contributed by atoms with Gasteiger partial charge in [0, 0.05) is 30.7 Å². The lowest BCUT2D eigenvalue weighted by Gasteiger charge is -2.12. The molecule has 0 aliphatic carbocycles. The summed E-state index contributed by atoms with van der Waals surface area (Å²) in [6.45, 7) is 0.506. The second kappa shape index (κ2) is 4.69. The molecule has 72 valence electrons. The van der Waals surface area contributed by atoms with Crippen LogP contribution in [0.15, 0.2) is 22.7 Å². The van der Waals surface area contributed by atoms with Gasteiger partial charge in [-0.15, -0.1) is 0 Å². The van der Waals surface area contributed by atoms with Gasteiger partial charge in [-0.25, -0.2) is 4.39 Å². The molecule has 0 fully saturated rings. The fourth-order valence-electron chi connectivity index (χ4n) is 0.908. The van der Waals surface area contributed by atoms with Crippen molar-refractivity contribution in [3.8, 4) is 0 Å². The van der Waals surface area contributed by atoms with Gasteiger partial charge in [0.05, 0.1) is 0 Å². The Morgan fingerprint density at radius 1 is 1.46 bits per heavy atom. The lowest BCUT2D eigenvalue weighted by atomic mass is 10.2. The summed E-state index contributed by atoms with van der Waals surface area (Å²) in [5, 5.41) is 1.79. The van der Waals surface area contributed by atoms with E-state index in [0.29, 0.717) is 12.1 Å². The van der Waals surface area contributed by atoms with E-state index in [2.05, 4.69) is 21.4 Å². The Kier molecular flexibility index (Phi) is 3.84. The van der Waals surface area contributed by atoms with Crippen LogP contribution in [0.3, 0.4) is 0 Å². The Morgan fingerprint density at radius 3 is 2.69 bits per heavy atom. The van der Waals surface area contributed by atoms with Crippen LogP contribution < -0.4 is 5.43 Å². The van der Waals surface area contributed by atoms with E-state index in [1.807, 2.05) is 20.2 Å². The number of nitrogens with one attached hydrogen (secondary N) is 1. The first-order chi connectivity index (χ1) is 6.09. The molecule has 0 aliphatic heterocycles. The maximum Gasteiger partial charge on any atom is 0.128 e. The summed E-state index contributed by atoms with van der Waals surface area (Å²) in [5.41, 5.74) is 3.66. The second-order valence-corrected chi connectivity index (χ2v) is 3.88. The summed E-state index contributed by atoms with van der Waals surface area (Å²) in [6.07, 6.45) is 0. The van der Waals surface area contributed by atoms with Crippen LogP contribution in [0.1, 0.15) is 5.56 Å². The minimum Gasteiger partial charge on any atom is -0.251 e. The molecule has 4 heteroatoms.